The Labute approximate surface area is 147 Å². The third-order valence-corrected chi connectivity index (χ3v) is 4.75. The van der Waals surface area contributed by atoms with Crippen molar-refractivity contribution in [2.24, 2.45) is 0 Å². The lowest BCUT2D eigenvalue weighted by Gasteiger charge is -2.06. The second-order valence-electron chi connectivity index (χ2n) is 5.33. The van der Waals surface area contributed by atoms with Crippen molar-refractivity contribution in [3.63, 3.8) is 0 Å². The van der Waals surface area contributed by atoms with Crippen LogP contribution in [0, 0.1) is 0 Å². The smallest absolute Gasteiger partial charge is 0.258 e. The summed E-state index contributed by atoms with van der Waals surface area (Å²) in [5.74, 6) is 1.92. The first-order valence-electron chi connectivity index (χ1n) is 7.83. The van der Waals surface area contributed by atoms with E-state index in [4.69, 9.17) is 4.42 Å². The van der Waals surface area contributed by atoms with Gasteiger partial charge in [0.25, 0.3) is 5.56 Å². The first kappa shape index (κ1) is 15.6. The molecule has 4 aromatic rings. The molecule has 0 saturated heterocycles. The molecule has 4 aromatic heterocycles. The summed E-state index contributed by atoms with van der Waals surface area (Å²) in [7, 11) is 0. The van der Waals surface area contributed by atoms with Crippen LogP contribution in [0.1, 0.15) is 12.6 Å². The lowest BCUT2D eigenvalue weighted by atomic mass is 10.4. The van der Waals surface area contributed by atoms with Gasteiger partial charge in [0.2, 0.25) is 0 Å². The van der Waals surface area contributed by atoms with Crippen molar-refractivity contribution >= 4 is 17.4 Å². The van der Waals surface area contributed by atoms with E-state index in [1.165, 1.54) is 16.2 Å². The normalized spacial score (nSPS) is 11.2. The van der Waals surface area contributed by atoms with E-state index in [2.05, 4.69) is 15.2 Å². The number of furan rings is 1. The van der Waals surface area contributed by atoms with Crippen molar-refractivity contribution in [2.75, 3.05) is 0 Å². The molecule has 0 aliphatic carbocycles. The standard InChI is InChI=1S/C17H15N5O2S/c1-2-21-16(13-6-5-9-24-13)19-20-17(21)25-11-12-10-15(23)22-8-4-3-7-14(22)18-12/h3-10H,2,11H2,1H3. The van der Waals surface area contributed by atoms with Crippen molar-refractivity contribution in [3.05, 3.63) is 64.9 Å². The summed E-state index contributed by atoms with van der Waals surface area (Å²) in [5.41, 5.74) is 1.26. The van der Waals surface area contributed by atoms with Gasteiger partial charge < -0.3 is 4.42 Å². The van der Waals surface area contributed by atoms with Crippen molar-refractivity contribution in [2.45, 2.75) is 24.4 Å². The van der Waals surface area contributed by atoms with Gasteiger partial charge in [-0.05, 0) is 31.2 Å². The molecule has 0 unspecified atom stereocenters. The van der Waals surface area contributed by atoms with Gasteiger partial charge in [0.15, 0.2) is 16.7 Å². The van der Waals surface area contributed by atoms with E-state index in [9.17, 15) is 4.79 Å². The zero-order valence-electron chi connectivity index (χ0n) is 13.5. The molecule has 0 aliphatic heterocycles. The molecule has 0 aliphatic rings. The van der Waals surface area contributed by atoms with E-state index in [1.807, 2.05) is 41.8 Å². The number of nitrogens with zero attached hydrogens (tertiary/aromatic N) is 5. The first-order chi connectivity index (χ1) is 12.3. The van der Waals surface area contributed by atoms with Gasteiger partial charge in [-0.25, -0.2) is 4.98 Å². The van der Waals surface area contributed by atoms with Crippen LogP contribution in [0.2, 0.25) is 0 Å². The molecule has 0 saturated carbocycles. The predicted octanol–water partition coefficient (Wildman–Crippen LogP) is 2.86. The number of pyridine rings is 1. The van der Waals surface area contributed by atoms with Crippen LogP contribution in [0.3, 0.4) is 0 Å². The van der Waals surface area contributed by atoms with Crippen LogP contribution in [0.15, 0.2) is 63.2 Å². The van der Waals surface area contributed by atoms with Crippen LogP contribution >= 0.6 is 11.8 Å². The average molecular weight is 353 g/mol. The summed E-state index contributed by atoms with van der Waals surface area (Å²) in [5, 5.41) is 9.24. The fourth-order valence-corrected chi connectivity index (χ4v) is 3.48. The van der Waals surface area contributed by atoms with Crippen molar-refractivity contribution < 1.29 is 4.42 Å². The summed E-state index contributed by atoms with van der Waals surface area (Å²) in [6, 6.07) is 10.7. The Balaban J connectivity index is 1.61. The van der Waals surface area contributed by atoms with Gasteiger partial charge in [-0.1, -0.05) is 17.8 Å². The average Bonchev–Trinajstić information content (AvgIpc) is 3.29. The number of rotatable bonds is 5. The van der Waals surface area contributed by atoms with Crippen molar-refractivity contribution in [1.82, 2.24) is 24.1 Å². The minimum absolute atomic E-state index is 0.0885. The minimum atomic E-state index is -0.0885. The Hall–Kier alpha value is -2.87. The summed E-state index contributed by atoms with van der Waals surface area (Å²) in [4.78, 5) is 16.7. The van der Waals surface area contributed by atoms with E-state index in [0.717, 1.165) is 11.7 Å². The van der Waals surface area contributed by atoms with E-state index in [1.54, 1.807) is 18.5 Å². The highest BCUT2D eigenvalue weighted by molar-refractivity contribution is 7.98. The monoisotopic (exact) mass is 353 g/mol. The molecule has 7 nitrogen and oxygen atoms in total. The molecule has 126 valence electrons. The minimum Gasteiger partial charge on any atom is -0.461 e. The molecule has 0 amide bonds. The molecule has 0 N–H and O–H groups in total. The van der Waals surface area contributed by atoms with Crippen LogP contribution in [0.5, 0.6) is 0 Å². The zero-order chi connectivity index (χ0) is 17.2. The third kappa shape index (κ3) is 2.96. The van der Waals surface area contributed by atoms with Gasteiger partial charge in [0.1, 0.15) is 5.65 Å². The van der Waals surface area contributed by atoms with Gasteiger partial charge in [0, 0.05) is 24.6 Å². The Morgan fingerprint density at radius 1 is 1.20 bits per heavy atom. The lowest BCUT2D eigenvalue weighted by Crippen LogP contribution is -2.14. The molecular formula is C17H15N5O2S. The highest BCUT2D eigenvalue weighted by atomic mass is 32.2. The molecule has 4 heterocycles. The van der Waals surface area contributed by atoms with Gasteiger partial charge in [-0.15, -0.1) is 10.2 Å². The van der Waals surface area contributed by atoms with Gasteiger partial charge >= 0.3 is 0 Å². The number of hydrogen-bond acceptors (Lipinski definition) is 6. The quantitative estimate of drug-likeness (QED) is 0.513. The van der Waals surface area contributed by atoms with Crippen LogP contribution < -0.4 is 5.56 Å². The van der Waals surface area contributed by atoms with Crippen LogP contribution in [0.4, 0.5) is 0 Å². The molecule has 0 bridgehead atoms. The second-order valence-corrected chi connectivity index (χ2v) is 6.27. The molecule has 4 rings (SSSR count). The Morgan fingerprint density at radius 3 is 2.92 bits per heavy atom. The highest BCUT2D eigenvalue weighted by Gasteiger charge is 2.15. The first-order valence-corrected chi connectivity index (χ1v) is 8.82. The Bertz CT molecular complexity index is 1070. The number of fused-ring (bicyclic) bond motifs is 1. The Morgan fingerprint density at radius 2 is 2.12 bits per heavy atom. The third-order valence-electron chi connectivity index (χ3n) is 3.75. The van der Waals surface area contributed by atoms with Crippen molar-refractivity contribution in [3.8, 4) is 11.6 Å². The van der Waals surface area contributed by atoms with Crippen LogP contribution in [-0.2, 0) is 12.3 Å². The number of thioether (sulfide) groups is 1. The summed E-state index contributed by atoms with van der Waals surface area (Å²) >= 11 is 1.50. The number of aromatic nitrogens is 5. The zero-order valence-corrected chi connectivity index (χ0v) is 14.3. The van der Waals surface area contributed by atoms with E-state index >= 15 is 0 Å². The second kappa shape index (κ2) is 6.56. The summed E-state index contributed by atoms with van der Waals surface area (Å²) in [6.45, 7) is 2.75. The van der Waals surface area contributed by atoms with Crippen LogP contribution in [-0.4, -0.2) is 24.1 Å². The maximum atomic E-state index is 12.2. The predicted molar refractivity (Wildman–Crippen MR) is 94.4 cm³/mol. The van der Waals surface area contributed by atoms with E-state index in [-0.39, 0.29) is 5.56 Å². The molecule has 8 heteroatoms. The van der Waals surface area contributed by atoms with Gasteiger partial charge in [-0.3, -0.25) is 13.8 Å². The van der Waals surface area contributed by atoms with Crippen molar-refractivity contribution in [1.29, 1.82) is 0 Å². The van der Waals surface area contributed by atoms with E-state index < -0.39 is 0 Å². The van der Waals surface area contributed by atoms with Crippen LogP contribution in [0.25, 0.3) is 17.2 Å². The largest absolute Gasteiger partial charge is 0.461 e. The molecule has 0 atom stereocenters. The molecule has 0 spiro atoms. The Kier molecular flexibility index (Phi) is 4.10. The highest BCUT2D eigenvalue weighted by Crippen LogP contribution is 2.26. The summed E-state index contributed by atoms with van der Waals surface area (Å²) in [6.07, 6.45) is 3.33. The SMILES string of the molecule is CCn1c(SCc2cc(=O)n3ccccc3n2)nnc1-c1ccco1. The molecular weight excluding hydrogens is 338 g/mol. The molecule has 0 aromatic carbocycles. The topological polar surface area (TPSA) is 78.2 Å². The lowest BCUT2D eigenvalue weighted by molar-refractivity contribution is 0.567. The number of hydrogen-bond donors (Lipinski definition) is 0. The summed E-state index contributed by atoms with van der Waals surface area (Å²) < 4.78 is 8.92. The van der Waals surface area contributed by atoms with Gasteiger partial charge in [-0.2, -0.15) is 0 Å². The van der Waals surface area contributed by atoms with Gasteiger partial charge in [0.05, 0.1) is 12.0 Å². The fraction of sp³-hybridized carbons (Fsp3) is 0.176. The molecule has 0 fully saturated rings. The molecule has 25 heavy (non-hydrogen) atoms. The maximum Gasteiger partial charge on any atom is 0.258 e. The maximum absolute atomic E-state index is 12.2. The molecule has 0 radical (unpaired) electrons. The van der Waals surface area contributed by atoms with E-state index in [0.29, 0.717) is 28.7 Å². The fourth-order valence-electron chi connectivity index (χ4n) is 2.58.